The molecule has 110 valence electrons. The predicted molar refractivity (Wildman–Crippen MR) is 75.1 cm³/mol. The van der Waals surface area contributed by atoms with Crippen molar-refractivity contribution in [3.8, 4) is 0 Å². The van der Waals surface area contributed by atoms with E-state index in [4.69, 9.17) is 4.74 Å². The Bertz CT molecular complexity index is 556. The van der Waals surface area contributed by atoms with Crippen LogP contribution in [0.3, 0.4) is 0 Å². The third-order valence-electron chi connectivity index (χ3n) is 3.59. The van der Waals surface area contributed by atoms with Gasteiger partial charge in [-0.3, -0.25) is 9.69 Å². The second-order valence-electron chi connectivity index (χ2n) is 4.85. The number of nitrogens with zero attached hydrogens (tertiary/aromatic N) is 1. The first-order valence-corrected chi connectivity index (χ1v) is 8.29. The zero-order chi connectivity index (χ0) is 14.6. The molecule has 0 radical (unpaired) electrons. The van der Waals surface area contributed by atoms with Gasteiger partial charge in [-0.1, -0.05) is 18.2 Å². The van der Waals surface area contributed by atoms with Crippen molar-refractivity contribution >= 4 is 15.8 Å². The Labute approximate surface area is 119 Å². The molecule has 1 aromatic rings. The number of hydrogen-bond donors (Lipinski definition) is 0. The number of hydrogen-bond acceptors (Lipinski definition) is 5. The minimum absolute atomic E-state index is 0.0184. The van der Waals surface area contributed by atoms with Crippen molar-refractivity contribution in [2.75, 3.05) is 26.0 Å². The molecule has 1 saturated heterocycles. The molecule has 1 fully saturated rings. The minimum Gasteiger partial charge on any atom is -0.468 e. The van der Waals surface area contributed by atoms with Gasteiger partial charge in [0.25, 0.3) is 0 Å². The Morgan fingerprint density at radius 3 is 2.70 bits per heavy atom. The standard InChI is InChI=1S/C14H19NO4S/c1-19-14(16)13-8-5-9-15(13)10-11-20(17,18)12-6-3-2-4-7-12/h2-4,6-7,13H,5,8-11H2,1H3/t13-/m0/s1. The van der Waals surface area contributed by atoms with Crippen LogP contribution in [0.15, 0.2) is 35.2 Å². The number of methoxy groups -OCH3 is 1. The Morgan fingerprint density at radius 1 is 1.35 bits per heavy atom. The second kappa shape index (κ2) is 6.37. The first-order valence-electron chi connectivity index (χ1n) is 6.64. The highest BCUT2D eigenvalue weighted by Crippen LogP contribution is 2.19. The van der Waals surface area contributed by atoms with Gasteiger partial charge in [-0.15, -0.1) is 0 Å². The van der Waals surface area contributed by atoms with Crippen LogP contribution in [0.1, 0.15) is 12.8 Å². The van der Waals surface area contributed by atoms with Gasteiger partial charge in [0.15, 0.2) is 9.84 Å². The van der Waals surface area contributed by atoms with E-state index < -0.39 is 9.84 Å². The fourth-order valence-corrected chi connectivity index (χ4v) is 3.76. The highest BCUT2D eigenvalue weighted by atomic mass is 32.2. The summed E-state index contributed by atoms with van der Waals surface area (Å²) < 4.78 is 29.1. The molecule has 1 aliphatic heterocycles. The van der Waals surface area contributed by atoms with E-state index in [-0.39, 0.29) is 17.8 Å². The topological polar surface area (TPSA) is 63.7 Å². The van der Waals surface area contributed by atoms with Crippen LogP contribution in [0.5, 0.6) is 0 Å². The molecule has 1 atom stereocenters. The summed E-state index contributed by atoms with van der Waals surface area (Å²) in [4.78, 5) is 13.8. The van der Waals surface area contributed by atoms with Gasteiger partial charge < -0.3 is 4.74 Å². The van der Waals surface area contributed by atoms with Crippen molar-refractivity contribution < 1.29 is 17.9 Å². The molecular formula is C14H19NO4S. The van der Waals surface area contributed by atoms with Crippen molar-refractivity contribution in [3.63, 3.8) is 0 Å². The number of ether oxygens (including phenoxy) is 1. The number of rotatable bonds is 5. The van der Waals surface area contributed by atoms with Gasteiger partial charge in [0.2, 0.25) is 0 Å². The van der Waals surface area contributed by atoms with Crippen molar-refractivity contribution in [2.24, 2.45) is 0 Å². The average molecular weight is 297 g/mol. The van der Waals surface area contributed by atoms with E-state index in [1.54, 1.807) is 30.3 Å². The Morgan fingerprint density at radius 2 is 2.05 bits per heavy atom. The monoisotopic (exact) mass is 297 g/mol. The summed E-state index contributed by atoms with van der Waals surface area (Å²) in [6, 6.07) is 8.09. The molecule has 2 rings (SSSR count). The lowest BCUT2D eigenvalue weighted by atomic mass is 10.2. The molecule has 0 spiro atoms. The molecule has 1 aliphatic rings. The van der Waals surface area contributed by atoms with Gasteiger partial charge in [-0.25, -0.2) is 8.42 Å². The summed E-state index contributed by atoms with van der Waals surface area (Å²) in [7, 11) is -1.94. The second-order valence-corrected chi connectivity index (χ2v) is 6.96. The summed E-state index contributed by atoms with van der Waals surface area (Å²) in [5.41, 5.74) is 0. The van der Waals surface area contributed by atoms with Crippen LogP contribution in [-0.4, -0.2) is 51.3 Å². The van der Waals surface area contributed by atoms with Crippen LogP contribution in [0, 0.1) is 0 Å². The first kappa shape index (κ1) is 15.0. The average Bonchev–Trinajstić information content (AvgIpc) is 2.94. The van der Waals surface area contributed by atoms with E-state index in [2.05, 4.69) is 0 Å². The first-order chi connectivity index (χ1) is 9.54. The van der Waals surface area contributed by atoms with Gasteiger partial charge in [0.1, 0.15) is 6.04 Å². The summed E-state index contributed by atoms with van der Waals surface area (Å²) in [5, 5.41) is 0. The molecule has 1 heterocycles. The molecule has 0 aromatic heterocycles. The van der Waals surface area contributed by atoms with E-state index in [1.807, 2.05) is 4.90 Å². The number of likely N-dealkylation sites (tertiary alicyclic amines) is 1. The van der Waals surface area contributed by atoms with Crippen LogP contribution in [-0.2, 0) is 19.4 Å². The Hall–Kier alpha value is -1.40. The zero-order valence-corrected chi connectivity index (χ0v) is 12.3. The van der Waals surface area contributed by atoms with Crippen molar-refractivity contribution in [1.29, 1.82) is 0 Å². The number of sulfone groups is 1. The molecule has 1 aromatic carbocycles. The van der Waals surface area contributed by atoms with E-state index in [0.29, 0.717) is 11.4 Å². The quantitative estimate of drug-likeness (QED) is 0.762. The van der Waals surface area contributed by atoms with Gasteiger partial charge in [0.05, 0.1) is 17.8 Å². The maximum Gasteiger partial charge on any atom is 0.323 e. The van der Waals surface area contributed by atoms with Crippen LogP contribution >= 0.6 is 0 Å². The van der Waals surface area contributed by atoms with E-state index in [1.165, 1.54) is 7.11 Å². The smallest absolute Gasteiger partial charge is 0.323 e. The lowest BCUT2D eigenvalue weighted by Crippen LogP contribution is -2.39. The maximum absolute atomic E-state index is 12.2. The molecule has 0 unspecified atom stereocenters. The Kier molecular flexibility index (Phi) is 4.77. The predicted octanol–water partition coefficient (Wildman–Crippen LogP) is 1.10. The van der Waals surface area contributed by atoms with Crippen molar-refractivity contribution in [2.45, 2.75) is 23.8 Å². The number of carbonyl (C=O) groups is 1. The molecule has 0 saturated carbocycles. The SMILES string of the molecule is COC(=O)[C@@H]1CCCN1CCS(=O)(=O)c1ccccc1. The summed E-state index contributed by atoms with van der Waals surface area (Å²) in [6.07, 6.45) is 1.63. The van der Waals surface area contributed by atoms with Crippen LogP contribution in [0.2, 0.25) is 0 Å². The maximum atomic E-state index is 12.2. The molecule has 0 bridgehead atoms. The van der Waals surface area contributed by atoms with Gasteiger partial charge in [0, 0.05) is 6.54 Å². The van der Waals surface area contributed by atoms with Crippen molar-refractivity contribution in [1.82, 2.24) is 4.90 Å². The third-order valence-corrected chi connectivity index (χ3v) is 5.30. The lowest BCUT2D eigenvalue weighted by molar-refractivity contribution is -0.145. The third kappa shape index (κ3) is 3.37. The highest BCUT2D eigenvalue weighted by Gasteiger charge is 2.32. The van der Waals surface area contributed by atoms with Gasteiger partial charge >= 0.3 is 5.97 Å². The summed E-state index contributed by atoms with van der Waals surface area (Å²) in [6.45, 7) is 1.10. The lowest BCUT2D eigenvalue weighted by Gasteiger charge is -2.22. The summed E-state index contributed by atoms with van der Waals surface area (Å²) >= 11 is 0. The van der Waals surface area contributed by atoms with Gasteiger partial charge in [-0.05, 0) is 31.5 Å². The number of carbonyl (C=O) groups excluding carboxylic acids is 1. The molecular weight excluding hydrogens is 278 g/mol. The normalized spacial score (nSPS) is 19.9. The Balaban J connectivity index is 2.00. The fraction of sp³-hybridized carbons (Fsp3) is 0.500. The summed E-state index contributed by atoms with van der Waals surface area (Å²) in [5.74, 6) is -0.260. The van der Waals surface area contributed by atoms with Crippen LogP contribution in [0.4, 0.5) is 0 Å². The van der Waals surface area contributed by atoms with E-state index in [0.717, 1.165) is 19.4 Å². The van der Waals surface area contributed by atoms with Crippen molar-refractivity contribution in [3.05, 3.63) is 30.3 Å². The number of benzene rings is 1. The molecule has 0 aliphatic carbocycles. The minimum atomic E-state index is -3.30. The van der Waals surface area contributed by atoms with E-state index in [9.17, 15) is 13.2 Å². The van der Waals surface area contributed by atoms with Gasteiger partial charge in [-0.2, -0.15) is 0 Å². The van der Waals surface area contributed by atoms with Crippen LogP contribution < -0.4 is 0 Å². The molecule has 0 amide bonds. The molecule has 0 N–H and O–H groups in total. The molecule has 20 heavy (non-hydrogen) atoms. The fourth-order valence-electron chi connectivity index (χ4n) is 2.48. The van der Waals surface area contributed by atoms with Crippen LogP contribution in [0.25, 0.3) is 0 Å². The number of esters is 1. The zero-order valence-electron chi connectivity index (χ0n) is 11.5. The molecule has 5 nitrogen and oxygen atoms in total. The highest BCUT2D eigenvalue weighted by molar-refractivity contribution is 7.91. The van der Waals surface area contributed by atoms with E-state index >= 15 is 0 Å². The molecule has 6 heteroatoms. The largest absolute Gasteiger partial charge is 0.468 e.